The number of rotatable bonds is 4. The number of piperidine rings is 1. The number of likely N-dealkylation sites (tertiary alicyclic amines) is 1. The van der Waals surface area contributed by atoms with Gasteiger partial charge in [-0.3, -0.25) is 9.59 Å². The van der Waals surface area contributed by atoms with Gasteiger partial charge in [-0.1, -0.05) is 31.2 Å². The molecule has 1 aliphatic heterocycles. The number of aryl methyl sites for hydroxylation is 1. The van der Waals surface area contributed by atoms with Crippen molar-refractivity contribution in [1.82, 2.24) is 4.90 Å². The number of hydrogen-bond acceptors (Lipinski definition) is 2. The molecule has 0 unspecified atom stereocenters. The smallest absolute Gasteiger partial charge is 0.255 e. The van der Waals surface area contributed by atoms with Gasteiger partial charge in [-0.2, -0.15) is 0 Å². The molecule has 0 atom stereocenters. The molecule has 1 heterocycles. The van der Waals surface area contributed by atoms with E-state index in [1.165, 1.54) is 6.42 Å². The van der Waals surface area contributed by atoms with Crippen LogP contribution in [0.3, 0.4) is 0 Å². The Kier molecular flexibility index (Phi) is 5.49. The Balaban J connectivity index is 1.76. The maximum absolute atomic E-state index is 12.6. The molecule has 0 saturated carbocycles. The lowest BCUT2D eigenvalue weighted by atomic mass is 10.1. The molecule has 2 aromatic rings. The molecule has 4 nitrogen and oxygen atoms in total. The molecule has 0 aromatic heterocycles. The number of carbonyl (C=O) groups is 2. The van der Waals surface area contributed by atoms with Gasteiger partial charge in [0.25, 0.3) is 11.8 Å². The molecule has 0 aliphatic carbocycles. The molecule has 1 aliphatic rings. The third-order valence-electron chi connectivity index (χ3n) is 4.66. The van der Waals surface area contributed by atoms with Crippen molar-refractivity contribution >= 4 is 17.5 Å². The van der Waals surface area contributed by atoms with Gasteiger partial charge in [-0.25, -0.2) is 0 Å². The van der Waals surface area contributed by atoms with Gasteiger partial charge in [0, 0.05) is 29.9 Å². The predicted molar refractivity (Wildman–Crippen MR) is 100.0 cm³/mol. The van der Waals surface area contributed by atoms with Crippen LogP contribution in [0, 0.1) is 0 Å². The molecule has 0 radical (unpaired) electrons. The van der Waals surface area contributed by atoms with E-state index in [1.807, 2.05) is 29.2 Å². The summed E-state index contributed by atoms with van der Waals surface area (Å²) in [6.07, 6.45) is 4.15. The molecule has 0 bridgehead atoms. The van der Waals surface area contributed by atoms with E-state index in [-0.39, 0.29) is 11.8 Å². The van der Waals surface area contributed by atoms with E-state index in [0.29, 0.717) is 11.1 Å². The van der Waals surface area contributed by atoms with E-state index in [9.17, 15) is 9.59 Å². The number of hydrogen-bond donors (Lipinski definition) is 1. The van der Waals surface area contributed by atoms with Crippen molar-refractivity contribution in [2.45, 2.75) is 32.6 Å². The zero-order valence-electron chi connectivity index (χ0n) is 14.6. The van der Waals surface area contributed by atoms with E-state index >= 15 is 0 Å². The first kappa shape index (κ1) is 17.2. The standard InChI is InChI=1S/C21H24N2O2/c1-2-16-9-4-5-12-19(16)22-20(24)17-10-8-11-18(15-17)21(25)23-13-6-3-7-14-23/h4-5,8-12,15H,2-3,6-7,13-14H2,1H3,(H,22,24). The van der Waals surface area contributed by atoms with E-state index < -0.39 is 0 Å². The predicted octanol–water partition coefficient (Wildman–Crippen LogP) is 4.13. The number of nitrogens with zero attached hydrogens (tertiary/aromatic N) is 1. The highest BCUT2D eigenvalue weighted by atomic mass is 16.2. The van der Waals surface area contributed by atoms with Crippen molar-refractivity contribution in [3.63, 3.8) is 0 Å². The molecule has 2 aromatic carbocycles. The number of carbonyl (C=O) groups excluding carboxylic acids is 2. The Labute approximate surface area is 148 Å². The lowest BCUT2D eigenvalue weighted by Crippen LogP contribution is -2.35. The van der Waals surface area contributed by atoms with Crippen molar-refractivity contribution in [1.29, 1.82) is 0 Å². The van der Waals surface area contributed by atoms with Crippen LogP contribution < -0.4 is 5.32 Å². The number of benzene rings is 2. The van der Waals surface area contributed by atoms with Gasteiger partial charge in [-0.05, 0) is 55.5 Å². The van der Waals surface area contributed by atoms with Crippen molar-refractivity contribution in [2.75, 3.05) is 18.4 Å². The minimum atomic E-state index is -0.186. The Morgan fingerprint density at radius 1 is 0.960 bits per heavy atom. The van der Waals surface area contributed by atoms with Gasteiger partial charge in [-0.15, -0.1) is 0 Å². The van der Waals surface area contributed by atoms with Gasteiger partial charge >= 0.3 is 0 Å². The van der Waals surface area contributed by atoms with E-state index in [4.69, 9.17) is 0 Å². The summed E-state index contributed by atoms with van der Waals surface area (Å²) < 4.78 is 0. The van der Waals surface area contributed by atoms with Crippen molar-refractivity contribution in [3.05, 3.63) is 65.2 Å². The van der Waals surface area contributed by atoms with Crippen LogP contribution in [0.5, 0.6) is 0 Å². The van der Waals surface area contributed by atoms with E-state index in [1.54, 1.807) is 24.3 Å². The molecule has 1 saturated heterocycles. The largest absolute Gasteiger partial charge is 0.339 e. The average molecular weight is 336 g/mol. The topological polar surface area (TPSA) is 49.4 Å². The Hall–Kier alpha value is -2.62. The summed E-state index contributed by atoms with van der Waals surface area (Å²) >= 11 is 0. The molecule has 2 amide bonds. The van der Waals surface area contributed by atoms with Gasteiger partial charge < -0.3 is 10.2 Å². The Morgan fingerprint density at radius 2 is 1.68 bits per heavy atom. The first-order valence-electron chi connectivity index (χ1n) is 8.97. The van der Waals surface area contributed by atoms with Crippen LogP contribution in [0.15, 0.2) is 48.5 Å². The molecule has 1 fully saturated rings. The maximum atomic E-state index is 12.6. The average Bonchev–Trinajstić information content (AvgIpc) is 2.68. The normalized spacial score (nSPS) is 14.2. The van der Waals surface area contributed by atoms with Crippen molar-refractivity contribution in [3.8, 4) is 0 Å². The minimum Gasteiger partial charge on any atom is -0.339 e. The summed E-state index contributed by atoms with van der Waals surface area (Å²) in [6, 6.07) is 14.8. The van der Waals surface area contributed by atoms with E-state index in [0.717, 1.165) is 43.6 Å². The second-order valence-electron chi connectivity index (χ2n) is 6.40. The van der Waals surface area contributed by atoms with Gasteiger partial charge in [0.2, 0.25) is 0 Å². The molecule has 130 valence electrons. The number of amides is 2. The quantitative estimate of drug-likeness (QED) is 0.913. The van der Waals surface area contributed by atoms with Gasteiger partial charge in [0.15, 0.2) is 0 Å². The van der Waals surface area contributed by atoms with Gasteiger partial charge in [0.05, 0.1) is 0 Å². The molecule has 0 spiro atoms. The maximum Gasteiger partial charge on any atom is 0.255 e. The second kappa shape index (κ2) is 7.97. The van der Waals surface area contributed by atoms with Crippen molar-refractivity contribution in [2.24, 2.45) is 0 Å². The summed E-state index contributed by atoms with van der Waals surface area (Å²) in [5, 5.41) is 2.96. The number of anilines is 1. The molecule has 4 heteroatoms. The first-order valence-corrected chi connectivity index (χ1v) is 8.97. The van der Waals surface area contributed by atoms with Crippen LogP contribution in [0.2, 0.25) is 0 Å². The summed E-state index contributed by atoms with van der Waals surface area (Å²) in [4.78, 5) is 27.1. The fraction of sp³-hybridized carbons (Fsp3) is 0.333. The highest BCUT2D eigenvalue weighted by Gasteiger charge is 2.19. The van der Waals surface area contributed by atoms with Crippen LogP contribution in [0.1, 0.15) is 52.5 Å². The molecular weight excluding hydrogens is 312 g/mol. The highest BCUT2D eigenvalue weighted by molar-refractivity contribution is 6.06. The Morgan fingerprint density at radius 3 is 2.44 bits per heavy atom. The van der Waals surface area contributed by atoms with Crippen LogP contribution in [0.25, 0.3) is 0 Å². The number of para-hydroxylation sites is 1. The molecular formula is C21H24N2O2. The zero-order valence-corrected chi connectivity index (χ0v) is 14.6. The lowest BCUT2D eigenvalue weighted by molar-refractivity contribution is 0.0724. The third-order valence-corrected chi connectivity index (χ3v) is 4.66. The monoisotopic (exact) mass is 336 g/mol. The second-order valence-corrected chi connectivity index (χ2v) is 6.40. The summed E-state index contributed by atoms with van der Waals surface area (Å²) in [6.45, 7) is 3.67. The Bertz CT molecular complexity index is 764. The molecule has 1 N–H and O–H groups in total. The first-order chi connectivity index (χ1) is 12.2. The lowest BCUT2D eigenvalue weighted by Gasteiger charge is -2.26. The van der Waals surface area contributed by atoms with Crippen LogP contribution >= 0.6 is 0 Å². The van der Waals surface area contributed by atoms with E-state index in [2.05, 4.69) is 12.2 Å². The SMILES string of the molecule is CCc1ccccc1NC(=O)c1cccc(C(=O)N2CCCCC2)c1. The van der Waals surface area contributed by atoms with Crippen LogP contribution in [0.4, 0.5) is 5.69 Å². The zero-order chi connectivity index (χ0) is 17.6. The van der Waals surface area contributed by atoms with Crippen molar-refractivity contribution < 1.29 is 9.59 Å². The summed E-state index contributed by atoms with van der Waals surface area (Å²) in [7, 11) is 0. The fourth-order valence-corrected chi connectivity index (χ4v) is 3.22. The fourth-order valence-electron chi connectivity index (χ4n) is 3.22. The number of nitrogens with one attached hydrogen (secondary N) is 1. The minimum absolute atomic E-state index is 0.0170. The molecule has 25 heavy (non-hydrogen) atoms. The van der Waals surface area contributed by atoms with Crippen LogP contribution in [-0.2, 0) is 6.42 Å². The summed E-state index contributed by atoms with van der Waals surface area (Å²) in [5.74, 6) is -0.169. The third kappa shape index (κ3) is 4.08. The highest BCUT2D eigenvalue weighted by Crippen LogP contribution is 2.18. The summed E-state index contributed by atoms with van der Waals surface area (Å²) in [5.41, 5.74) is 3.01. The van der Waals surface area contributed by atoms with Gasteiger partial charge in [0.1, 0.15) is 0 Å². The van der Waals surface area contributed by atoms with Crippen LogP contribution in [-0.4, -0.2) is 29.8 Å². The molecule has 3 rings (SSSR count).